The minimum Gasteiger partial charge on any atom is -0.325 e. The Kier molecular flexibility index (Phi) is 4.24. The lowest BCUT2D eigenvalue weighted by Gasteiger charge is -2.07. The van der Waals surface area contributed by atoms with E-state index in [4.69, 9.17) is 5.26 Å². The van der Waals surface area contributed by atoms with Gasteiger partial charge < -0.3 is 10.3 Å². The van der Waals surface area contributed by atoms with Crippen molar-refractivity contribution in [2.45, 2.75) is 26.8 Å². The van der Waals surface area contributed by atoms with Crippen LogP contribution in [0.4, 0.5) is 5.69 Å². The van der Waals surface area contributed by atoms with Crippen LogP contribution in [0.3, 0.4) is 0 Å². The highest BCUT2D eigenvalue weighted by atomic mass is 16.2. The Morgan fingerprint density at radius 3 is 2.71 bits per heavy atom. The molecule has 0 aliphatic carbocycles. The summed E-state index contributed by atoms with van der Waals surface area (Å²) in [5.41, 5.74) is 2.31. The van der Waals surface area contributed by atoms with Gasteiger partial charge in [0.25, 0.3) is 0 Å². The second-order valence-electron chi connectivity index (χ2n) is 4.75. The highest BCUT2D eigenvalue weighted by molar-refractivity contribution is 5.92. The summed E-state index contributed by atoms with van der Waals surface area (Å²) in [6.07, 6.45) is 0.164. The van der Waals surface area contributed by atoms with E-state index >= 15 is 0 Å². The number of anilines is 1. The number of aromatic amines is 1. The van der Waals surface area contributed by atoms with Gasteiger partial charge in [0.05, 0.1) is 11.3 Å². The number of aryl methyl sites for hydroxylation is 1. The van der Waals surface area contributed by atoms with Crippen LogP contribution in [0, 0.1) is 25.2 Å². The number of benzene rings is 1. The van der Waals surface area contributed by atoms with Crippen LogP contribution in [0.25, 0.3) is 0 Å². The van der Waals surface area contributed by atoms with Crippen LogP contribution in [0.5, 0.6) is 0 Å². The van der Waals surface area contributed by atoms with Gasteiger partial charge in [0.15, 0.2) is 0 Å². The molecular formula is C15H16N4O2. The molecule has 1 aromatic heterocycles. The van der Waals surface area contributed by atoms with E-state index in [1.807, 2.05) is 19.9 Å². The number of imidazole rings is 1. The van der Waals surface area contributed by atoms with E-state index in [0.29, 0.717) is 17.8 Å². The lowest BCUT2D eigenvalue weighted by Crippen LogP contribution is -2.22. The number of hydrogen-bond acceptors (Lipinski definition) is 3. The summed E-state index contributed by atoms with van der Waals surface area (Å²) in [7, 11) is 0. The number of nitrogens with one attached hydrogen (secondary N) is 2. The van der Waals surface area contributed by atoms with Crippen LogP contribution in [-0.4, -0.2) is 15.5 Å². The van der Waals surface area contributed by atoms with Gasteiger partial charge in [-0.05, 0) is 26.0 Å². The molecule has 2 rings (SSSR count). The molecule has 0 radical (unpaired) electrons. The number of amides is 1. The topological polar surface area (TPSA) is 90.7 Å². The van der Waals surface area contributed by atoms with Crippen molar-refractivity contribution >= 4 is 11.6 Å². The van der Waals surface area contributed by atoms with Gasteiger partial charge in [-0.15, -0.1) is 0 Å². The average molecular weight is 284 g/mol. The molecule has 0 atom stereocenters. The third-order valence-corrected chi connectivity index (χ3v) is 3.37. The van der Waals surface area contributed by atoms with E-state index in [-0.39, 0.29) is 18.0 Å². The minimum absolute atomic E-state index is 0.164. The van der Waals surface area contributed by atoms with Crippen LogP contribution in [0.1, 0.15) is 23.4 Å². The fourth-order valence-electron chi connectivity index (χ4n) is 2.06. The summed E-state index contributed by atoms with van der Waals surface area (Å²) >= 11 is 0. The third kappa shape index (κ3) is 3.20. The predicted octanol–water partition coefficient (Wildman–Crippen LogP) is 1.69. The van der Waals surface area contributed by atoms with Crippen molar-refractivity contribution < 1.29 is 4.79 Å². The smallest absolute Gasteiger partial charge is 0.325 e. The number of H-pyrrole nitrogens is 1. The number of aromatic nitrogens is 2. The van der Waals surface area contributed by atoms with Crippen molar-refractivity contribution in [1.82, 2.24) is 9.55 Å². The molecule has 0 saturated carbocycles. The van der Waals surface area contributed by atoms with Gasteiger partial charge in [-0.25, -0.2) is 4.79 Å². The first kappa shape index (κ1) is 14.6. The average Bonchev–Trinajstić information content (AvgIpc) is 2.71. The summed E-state index contributed by atoms with van der Waals surface area (Å²) in [5, 5.41) is 11.7. The lowest BCUT2D eigenvalue weighted by atomic mass is 10.2. The quantitative estimate of drug-likeness (QED) is 0.895. The number of nitrogens with zero attached hydrogens (tertiary/aromatic N) is 2. The molecule has 6 heteroatoms. The Hall–Kier alpha value is -2.81. The van der Waals surface area contributed by atoms with Crippen LogP contribution in [0.2, 0.25) is 0 Å². The molecule has 108 valence electrons. The molecule has 21 heavy (non-hydrogen) atoms. The van der Waals surface area contributed by atoms with Gasteiger partial charge in [0.1, 0.15) is 6.07 Å². The van der Waals surface area contributed by atoms with Crippen LogP contribution in [0.15, 0.2) is 29.1 Å². The normalized spacial score (nSPS) is 10.1. The van der Waals surface area contributed by atoms with Crippen molar-refractivity contribution in [3.05, 3.63) is 51.7 Å². The summed E-state index contributed by atoms with van der Waals surface area (Å²) in [6.45, 7) is 3.95. The maximum atomic E-state index is 11.9. The van der Waals surface area contributed by atoms with Gasteiger partial charge in [-0.3, -0.25) is 9.36 Å². The zero-order chi connectivity index (χ0) is 15.4. The molecule has 2 N–H and O–H groups in total. The molecule has 0 aliphatic rings. The Labute approximate surface area is 122 Å². The molecule has 0 saturated heterocycles. The standard InChI is InChI=1S/C15H16N4O2/c1-10-11(2)19(15(21)17-10)8-7-14(20)18-13-6-4-3-5-12(13)9-16/h3-6H,7-8H2,1-2H3,(H,17,21)(H,18,20). The van der Waals surface area contributed by atoms with E-state index in [0.717, 1.165) is 11.4 Å². The predicted molar refractivity (Wildman–Crippen MR) is 78.9 cm³/mol. The largest absolute Gasteiger partial charge is 0.325 e. The summed E-state index contributed by atoms with van der Waals surface area (Å²) in [6, 6.07) is 8.82. The fourth-order valence-corrected chi connectivity index (χ4v) is 2.06. The van der Waals surface area contributed by atoms with E-state index in [9.17, 15) is 9.59 Å². The number of carbonyl (C=O) groups excluding carboxylic acids is 1. The first-order chi connectivity index (χ1) is 10.0. The van der Waals surface area contributed by atoms with Gasteiger partial charge in [-0.2, -0.15) is 5.26 Å². The number of rotatable bonds is 4. The zero-order valence-electron chi connectivity index (χ0n) is 11.9. The van der Waals surface area contributed by atoms with Crippen molar-refractivity contribution in [2.75, 3.05) is 5.32 Å². The fraction of sp³-hybridized carbons (Fsp3) is 0.267. The van der Waals surface area contributed by atoms with Gasteiger partial charge >= 0.3 is 5.69 Å². The van der Waals surface area contributed by atoms with Crippen LogP contribution in [-0.2, 0) is 11.3 Å². The van der Waals surface area contributed by atoms with Crippen molar-refractivity contribution in [3.8, 4) is 6.07 Å². The molecule has 1 amide bonds. The highest BCUT2D eigenvalue weighted by Crippen LogP contribution is 2.13. The number of hydrogen-bond donors (Lipinski definition) is 2. The molecule has 0 fully saturated rings. The second kappa shape index (κ2) is 6.09. The molecule has 0 unspecified atom stereocenters. The van der Waals surface area contributed by atoms with Crippen molar-refractivity contribution in [2.24, 2.45) is 0 Å². The summed E-state index contributed by atoms with van der Waals surface area (Å²) < 4.78 is 1.53. The van der Waals surface area contributed by atoms with E-state index < -0.39 is 0 Å². The first-order valence-corrected chi connectivity index (χ1v) is 6.58. The maximum absolute atomic E-state index is 11.9. The Morgan fingerprint density at radius 2 is 2.10 bits per heavy atom. The highest BCUT2D eigenvalue weighted by Gasteiger charge is 2.10. The monoisotopic (exact) mass is 284 g/mol. The third-order valence-electron chi connectivity index (χ3n) is 3.37. The molecule has 0 bridgehead atoms. The van der Waals surface area contributed by atoms with E-state index in [1.165, 1.54) is 4.57 Å². The number of nitriles is 1. The van der Waals surface area contributed by atoms with Crippen molar-refractivity contribution in [3.63, 3.8) is 0 Å². The summed E-state index contributed by atoms with van der Waals surface area (Å²) in [4.78, 5) is 26.3. The SMILES string of the molecule is Cc1[nH]c(=O)n(CCC(=O)Nc2ccccc2C#N)c1C. The summed E-state index contributed by atoms with van der Waals surface area (Å²) in [5.74, 6) is -0.233. The molecule has 2 aromatic rings. The Balaban J connectivity index is 2.03. The van der Waals surface area contributed by atoms with Gasteiger partial charge in [0.2, 0.25) is 5.91 Å². The van der Waals surface area contributed by atoms with Crippen molar-refractivity contribution in [1.29, 1.82) is 5.26 Å². The second-order valence-corrected chi connectivity index (χ2v) is 4.75. The van der Waals surface area contributed by atoms with E-state index in [1.54, 1.807) is 24.3 Å². The lowest BCUT2D eigenvalue weighted by molar-refractivity contribution is -0.116. The molecular weight excluding hydrogens is 268 g/mol. The van der Waals surface area contributed by atoms with Crippen LogP contribution >= 0.6 is 0 Å². The number of carbonyl (C=O) groups is 1. The number of para-hydroxylation sites is 1. The molecule has 0 aliphatic heterocycles. The molecule has 1 aromatic carbocycles. The molecule has 1 heterocycles. The Morgan fingerprint density at radius 1 is 1.38 bits per heavy atom. The minimum atomic E-state index is -0.233. The Bertz CT molecular complexity index is 765. The van der Waals surface area contributed by atoms with Gasteiger partial charge in [0, 0.05) is 24.4 Å². The zero-order valence-corrected chi connectivity index (χ0v) is 11.9. The van der Waals surface area contributed by atoms with Gasteiger partial charge in [-0.1, -0.05) is 12.1 Å². The first-order valence-electron chi connectivity index (χ1n) is 6.58. The molecule has 0 spiro atoms. The molecule has 6 nitrogen and oxygen atoms in total. The maximum Gasteiger partial charge on any atom is 0.325 e. The van der Waals surface area contributed by atoms with E-state index in [2.05, 4.69) is 10.3 Å². The van der Waals surface area contributed by atoms with Crippen LogP contribution < -0.4 is 11.0 Å².